The van der Waals surface area contributed by atoms with Crippen molar-refractivity contribution < 1.29 is 13.3 Å². The van der Waals surface area contributed by atoms with E-state index in [9.17, 15) is 0 Å². The van der Waals surface area contributed by atoms with E-state index in [0.717, 1.165) is 24.7 Å². The van der Waals surface area contributed by atoms with Gasteiger partial charge in [-0.05, 0) is 45.4 Å². The predicted octanol–water partition coefficient (Wildman–Crippen LogP) is 4.22. The van der Waals surface area contributed by atoms with Crippen LogP contribution in [0.1, 0.15) is 27.2 Å². The molecule has 0 spiro atoms. The van der Waals surface area contributed by atoms with Gasteiger partial charge in [-0.25, -0.2) is 5.53 Å². The predicted molar refractivity (Wildman–Crippen MR) is 94.6 cm³/mol. The molecule has 1 aromatic rings. The van der Waals surface area contributed by atoms with Crippen LogP contribution in [-0.4, -0.2) is 42.2 Å². The molecule has 0 fully saturated rings. The fourth-order valence-electron chi connectivity index (χ4n) is 2.46. The van der Waals surface area contributed by atoms with Crippen molar-refractivity contribution in [2.24, 2.45) is 5.11 Å². The van der Waals surface area contributed by atoms with Crippen LogP contribution in [0, 0.1) is 5.53 Å². The minimum Gasteiger partial charge on any atom is -0.375 e. The lowest BCUT2D eigenvalue weighted by atomic mass is 10.2. The topological polar surface area (TPSA) is 67.1 Å². The van der Waals surface area contributed by atoms with Gasteiger partial charge < -0.3 is 18.2 Å². The molecule has 0 aliphatic carbocycles. The summed E-state index contributed by atoms with van der Waals surface area (Å²) in [5.74, 6) is 0. The van der Waals surface area contributed by atoms with E-state index in [4.69, 9.17) is 18.8 Å². The Bertz CT molecular complexity index is 457. The second kappa shape index (κ2) is 10.5. The van der Waals surface area contributed by atoms with Gasteiger partial charge in [-0.1, -0.05) is 6.07 Å². The van der Waals surface area contributed by atoms with E-state index in [0.29, 0.717) is 25.5 Å². The third-order valence-electron chi connectivity index (χ3n) is 3.47. The Morgan fingerprint density at radius 3 is 2.22 bits per heavy atom. The van der Waals surface area contributed by atoms with E-state index in [-0.39, 0.29) is 0 Å². The van der Waals surface area contributed by atoms with Gasteiger partial charge in [-0.3, -0.25) is 0 Å². The highest BCUT2D eigenvalue weighted by Crippen LogP contribution is 2.22. The molecule has 6 nitrogen and oxygen atoms in total. The van der Waals surface area contributed by atoms with Gasteiger partial charge in [-0.15, -0.1) is 0 Å². The average molecular weight is 340 g/mol. The molecule has 0 atom stereocenters. The van der Waals surface area contributed by atoms with Crippen molar-refractivity contribution >= 4 is 20.2 Å². The van der Waals surface area contributed by atoms with Gasteiger partial charge in [0, 0.05) is 45.1 Å². The lowest BCUT2D eigenvalue weighted by molar-refractivity contribution is 0.0710. The number of benzene rings is 1. The lowest BCUT2D eigenvalue weighted by Gasteiger charge is -2.29. The highest BCUT2D eigenvalue weighted by atomic mass is 28.4. The van der Waals surface area contributed by atoms with Crippen LogP contribution in [0.25, 0.3) is 0 Å². The quantitative estimate of drug-likeness (QED) is 0.457. The van der Waals surface area contributed by atoms with E-state index >= 15 is 0 Å². The molecule has 130 valence electrons. The second-order valence-electron chi connectivity index (χ2n) is 5.14. The Balaban J connectivity index is 2.61. The zero-order chi connectivity index (χ0) is 17.1. The van der Waals surface area contributed by atoms with Gasteiger partial charge in [0.05, 0.1) is 5.69 Å². The Kier molecular flexibility index (Phi) is 9.01. The molecular weight excluding hydrogens is 310 g/mol. The number of rotatable bonds is 12. The zero-order valence-corrected chi connectivity index (χ0v) is 15.7. The largest absolute Gasteiger partial charge is 0.500 e. The van der Waals surface area contributed by atoms with E-state index in [1.807, 2.05) is 52.1 Å². The van der Waals surface area contributed by atoms with Crippen molar-refractivity contribution in [3.63, 3.8) is 0 Å². The van der Waals surface area contributed by atoms with Crippen LogP contribution in [0.4, 0.5) is 11.4 Å². The van der Waals surface area contributed by atoms with Gasteiger partial charge in [-0.2, -0.15) is 5.11 Å². The van der Waals surface area contributed by atoms with Crippen molar-refractivity contribution in [3.8, 4) is 0 Å². The summed E-state index contributed by atoms with van der Waals surface area (Å²) < 4.78 is 17.6. The molecule has 0 bridgehead atoms. The van der Waals surface area contributed by atoms with Gasteiger partial charge in [0.15, 0.2) is 0 Å². The fourth-order valence-corrected chi connectivity index (χ4v) is 5.06. The molecule has 23 heavy (non-hydrogen) atoms. The van der Waals surface area contributed by atoms with Crippen molar-refractivity contribution in [3.05, 3.63) is 24.3 Å². The lowest BCUT2D eigenvalue weighted by Crippen LogP contribution is -2.46. The first-order valence-corrected chi connectivity index (χ1v) is 10.1. The summed E-state index contributed by atoms with van der Waals surface area (Å²) in [6, 6.07) is 8.47. The van der Waals surface area contributed by atoms with Gasteiger partial charge >= 0.3 is 8.80 Å². The summed E-state index contributed by atoms with van der Waals surface area (Å²) in [6.07, 6.45) is 0.922. The SMILES string of the molecule is CCO[Si](CCCN(C)c1cccc(N=N)c1)(OCC)OCC. The van der Waals surface area contributed by atoms with Crippen LogP contribution in [0.5, 0.6) is 0 Å². The molecule has 0 aliphatic heterocycles. The first-order valence-electron chi connectivity index (χ1n) is 8.21. The molecule has 0 saturated carbocycles. The third-order valence-corrected chi connectivity index (χ3v) is 6.62. The summed E-state index contributed by atoms with van der Waals surface area (Å²) in [6.45, 7) is 8.61. The molecule has 0 unspecified atom stereocenters. The first-order chi connectivity index (χ1) is 11.1. The summed E-state index contributed by atoms with van der Waals surface area (Å²) in [5, 5.41) is 3.48. The van der Waals surface area contributed by atoms with Crippen LogP contribution in [0.15, 0.2) is 29.4 Å². The molecule has 0 heterocycles. The Hall–Kier alpha value is -1.28. The van der Waals surface area contributed by atoms with Crippen molar-refractivity contribution in [1.82, 2.24) is 0 Å². The van der Waals surface area contributed by atoms with E-state index in [1.54, 1.807) is 0 Å². The van der Waals surface area contributed by atoms with Crippen molar-refractivity contribution in [1.29, 1.82) is 5.53 Å². The highest BCUT2D eigenvalue weighted by Gasteiger charge is 2.39. The number of nitrogens with one attached hydrogen (secondary N) is 1. The summed E-state index contributed by atoms with van der Waals surface area (Å²) in [7, 11) is -0.520. The fraction of sp³-hybridized carbons (Fsp3) is 0.625. The number of anilines is 1. The molecule has 0 saturated heterocycles. The minimum absolute atomic E-state index is 0.606. The van der Waals surface area contributed by atoms with Crippen LogP contribution >= 0.6 is 0 Å². The number of hydrogen-bond donors (Lipinski definition) is 1. The number of hydrogen-bond acceptors (Lipinski definition) is 6. The molecule has 1 N–H and O–H groups in total. The molecule has 0 radical (unpaired) electrons. The second-order valence-corrected chi connectivity index (χ2v) is 7.87. The van der Waals surface area contributed by atoms with Crippen molar-refractivity contribution in [2.75, 3.05) is 38.3 Å². The molecule has 0 aliphatic rings. The average Bonchev–Trinajstić information content (AvgIpc) is 2.55. The van der Waals surface area contributed by atoms with Crippen LogP contribution < -0.4 is 4.90 Å². The normalized spacial score (nSPS) is 11.5. The molecule has 0 aromatic heterocycles. The molecular formula is C16H29N3O3Si. The van der Waals surface area contributed by atoms with Gasteiger partial charge in [0.1, 0.15) is 0 Å². The smallest absolute Gasteiger partial charge is 0.375 e. The third kappa shape index (κ3) is 6.38. The van der Waals surface area contributed by atoms with Gasteiger partial charge in [0.2, 0.25) is 0 Å². The maximum absolute atomic E-state index is 7.10. The van der Waals surface area contributed by atoms with Gasteiger partial charge in [0.25, 0.3) is 0 Å². The Morgan fingerprint density at radius 2 is 1.70 bits per heavy atom. The first kappa shape index (κ1) is 19.8. The molecule has 0 amide bonds. The Morgan fingerprint density at radius 1 is 1.09 bits per heavy atom. The van der Waals surface area contributed by atoms with Crippen LogP contribution in [0.3, 0.4) is 0 Å². The highest BCUT2D eigenvalue weighted by molar-refractivity contribution is 6.60. The monoisotopic (exact) mass is 339 g/mol. The van der Waals surface area contributed by atoms with E-state index < -0.39 is 8.80 Å². The maximum Gasteiger partial charge on any atom is 0.500 e. The molecule has 7 heteroatoms. The Labute approximate surface area is 140 Å². The maximum atomic E-state index is 7.10. The zero-order valence-electron chi connectivity index (χ0n) is 14.7. The molecule has 1 rings (SSSR count). The van der Waals surface area contributed by atoms with E-state index in [2.05, 4.69) is 10.0 Å². The van der Waals surface area contributed by atoms with Crippen LogP contribution in [-0.2, 0) is 13.3 Å². The van der Waals surface area contributed by atoms with Crippen molar-refractivity contribution in [2.45, 2.75) is 33.2 Å². The summed E-state index contributed by atoms with van der Waals surface area (Å²) in [5.41, 5.74) is 8.82. The van der Waals surface area contributed by atoms with Crippen LogP contribution in [0.2, 0.25) is 6.04 Å². The summed E-state index contributed by atoms with van der Waals surface area (Å²) >= 11 is 0. The summed E-state index contributed by atoms with van der Waals surface area (Å²) in [4.78, 5) is 2.15. The van der Waals surface area contributed by atoms with E-state index in [1.165, 1.54) is 0 Å². The minimum atomic E-state index is -2.56. The molecule has 1 aromatic carbocycles. The standard InChI is InChI=1S/C16H29N3O3Si/c1-5-20-23(21-6-2,22-7-3)13-9-12-19(4)16-11-8-10-15(14-16)18-17/h8,10-11,14,17H,5-7,9,12-13H2,1-4H3. The number of nitrogens with zero attached hydrogens (tertiary/aromatic N) is 2.